The third-order valence-electron chi connectivity index (χ3n) is 6.01. The minimum atomic E-state index is -1.79. The van der Waals surface area contributed by atoms with Gasteiger partial charge in [0.15, 0.2) is 43.1 Å². The molecule has 0 aromatic carbocycles. The van der Waals surface area contributed by atoms with E-state index in [1.165, 1.54) is 0 Å². The summed E-state index contributed by atoms with van der Waals surface area (Å²) in [5.41, 5.74) is 0. The summed E-state index contributed by atoms with van der Waals surface area (Å²) < 4.78 is 48.9. The van der Waals surface area contributed by atoms with Crippen molar-refractivity contribution in [3.63, 3.8) is 0 Å². The second-order valence-electron chi connectivity index (χ2n) is 9.84. The van der Waals surface area contributed by atoms with Crippen LogP contribution in [-0.4, -0.2) is 121 Å². The molecule has 0 aromatic heterocycles. The van der Waals surface area contributed by atoms with Crippen molar-refractivity contribution in [1.82, 2.24) is 5.32 Å². The number of carbonyl (C=O) groups is 7. The SMILES string of the molecule is CC(=O)N[C@@H]1[C@@H](OC(C)=O)[C@H](OC(C)=O)[C@@H](CO[C@@H]2O[C@H](COC(C)=O)[C@H](OC(C)=O)[C@H](OC(C)=O)[C@H]2OC(C)=O)O[C@@H]1O. The van der Waals surface area contributed by atoms with E-state index in [4.69, 9.17) is 42.6 Å². The van der Waals surface area contributed by atoms with Crippen LogP contribution in [0.15, 0.2) is 0 Å². The first-order chi connectivity index (χ1) is 20.5. The second-order valence-corrected chi connectivity index (χ2v) is 9.84. The van der Waals surface area contributed by atoms with Gasteiger partial charge in [0.25, 0.3) is 0 Å². The molecule has 0 spiro atoms. The van der Waals surface area contributed by atoms with E-state index in [0.717, 1.165) is 48.5 Å². The smallest absolute Gasteiger partial charge is 0.303 e. The first-order valence-corrected chi connectivity index (χ1v) is 13.4. The normalized spacial score (nSPS) is 31.5. The zero-order chi connectivity index (χ0) is 33.3. The number of aliphatic hydroxyl groups excluding tert-OH is 1. The van der Waals surface area contributed by atoms with Gasteiger partial charge in [-0.25, -0.2) is 0 Å². The van der Waals surface area contributed by atoms with Gasteiger partial charge in [-0.1, -0.05) is 0 Å². The fourth-order valence-electron chi connectivity index (χ4n) is 4.62. The van der Waals surface area contributed by atoms with Crippen molar-refractivity contribution in [2.75, 3.05) is 13.2 Å². The van der Waals surface area contributed by atoms with E-state index in [2.05, 4.69) is 5.32 Å². The lowest BCUT2D eigenvalue weighted by atomic mass is 9.96. The van der Waals surface area contributed by atoms with Crippen LogP contribution >= 0.6 is 0 Å². The summed E-state index contributed by atoms with van der Waals surface area (Å²) in [4.78, 5) is 83.2. The number of aliphatic hydroxyl groups is 1. The fourth-order valence-corrected chi connectivity index (χ4v) is 4.62. The van der Waals surface area contributed by atoms with Gasteiger partial charge in [-0.05, 0) is 0 Å². The van der Waals surface area contributed by atoms with Gasteiger partial charge in [-0.2, -0.15) is 0 Å². The Morgan fingerprint density at radius 3 is 1.48 bits per heavy atom. The molecule has 0 aromatic rings. The molecule has 18 nitrogen and oxygen atoms in total. The first kappa shape index (κ1) is 36.3. The zero-order valence-electron chi connectivity index (χ0n) is 25.2. The van der Waals surface area contributed by atoms with Crippen molar-refractivity contribution in [3.05, 3.63) is 0 Å². The Morgan fingerprint density at radius 2 is 1.00 bits per heavy atom. The Hall–Kier alpha value is -3.87. The molecule has 0 saturated carbocycles. The summed E-state index contributed by atoms with van der Waals surface area (Å²) in [6.07, 6.45) is -13.6. The van der Waals surface area contributed by atoms with E-state index in [-0.39, 0.29) is 0 Å². The molecule has 0 aliphatic carbocycles. The molecule has 0 unspecified atom stereocenters. The molecule has 0 radical (unpaired) electrons. The van der Waals surface area contributed by atoms with E-state index in [1.807, 2.05) is 0 Å². The minimum absolute atomic E-state index is 0.515. The lowest BCUT2D eigenvalue weighted by molar-refractivity contribution is -0.322. The quantitative estimate of drug-likeness (QED) is 0.188. The van der Waals surface area contributed by atoms with Crippen LogP contribution in [0, 0.1) is 0 Å². The number of hydrogen-bond acceptors (Lipinski definition) is 17. The van der Waals surface area contributed by atoms with Crippen LogP contribution in [0.5, 0.6) is 0 Å². The molecule has 2 rings (SSSR count). The molecule has 2 aliphatic rings. The molecule has 2 N–H and O–H groups in total. The van der Waals surface area contributed by atoms with Gasteiger partial charge in [0.1, 0.15) is 24.9 Å². The summed E-state index contributed by atoms with van der Waals surface area (Å²) in [6, 6.07) is -1.36. The number of rotatable bonds is 11. The molecule has 2 heterocycles. The monoisotopic (exact) mass is 635 g/mol. The van der Waals surface area contributed by atoms with E-state index >= 15 is 0 Å². The molecule has 10 atom stereocenters. The third kappa shape index (κ3) is 10.7. The van der Waals surface area contributed by atoms with Crippen LogP contribution in [0.25, 0.3) is 0 Å². The molecular weight excluding hydrogens is 598 g/mol. The van der Waals surface area contributed by atoms with E-state index < -0.39 is 116 Å². The van der Waals surface area contributed by atoms with Gasteiger partial charge in [0, 0.05) is 48.5 Å². The number of nitrogens with one attached hydrogen (secondary N) is 1. The second kappa shape index (κ2) is 16.3. The van der Waals surface area contributed by atoms with E-state index in [1.54, 1.807) is 0 Å². The van der Waals surface area contributed by atoms with Crippen LogP contribution in [0.2, 0.25) is 0 Å². The first-order valence-electron chi connectivity index (χ1n) is 13.4. The number of ether oxygens (including phenoxy) is 9. The summed E-state index contributed by atoms with van der Waals surface area (Å²) in [5, 5.41) is 13.1. The molecular formula is C26H37NO17. The van der Waals surface area contributed by atoms with Crippen molar-refractivity contribution < 1.29 is 81.3 Å². The summed E-state index contributed by atoms with van der Waals surface area (Å²) in [7, 11) is 0. The van der Waals surface area contributed by atoms with Crippen molar-refractivity contribution in [2.24, 2.45) is 0 Å². The molecule has 1 amide bonds. The molecule has 18 heteroatoms. The highest BCUT2D eigenvalue weighted by atomic mass is 16.7. The Bertz CT molecular complexity index is 1090. The minimum Gasteiger partial charge on any atom is -0.463 e. The van der Waals surface area contributed by atoms with E-state index in [9.17, 15) is 38.7 Å². The molecule has 2 fully saturated rings. The molecule has 2 saturated heterocycles. The number of carbonyl (C=O) groups excluding carboxylic acids is 7. The Balaban J connectivity index is 2.48. The van der Waals surface area contributed by atoms with Crippen LogP contribution < -0.4 is 5.32 Å². The highest BCUT2D eigenvalue weighted by Crippen LogP contribution is 2.32. The maximum Gasteiger partial charge on any atom is 0.303 e. The molecule has 248 valence electrons. The third-order valence-corrected chi connectivity index (χ3v) is 6.01. The van der Waals surface area contributed by atoms with Gasteiger partial charge >= 0.3 is 35.8 Å². The van der Waals surface area contributed by atoms with Crippen molar-refractivity contribution in [1.29, 1.82) is 0 Å². The standard InChI is InChI=1S/C26H37NO17/c1-10(28)27-19-22(40-14(5)32)20(38-12(3)30)17(43-25(19)35)9-37-26-24(42-16(7)34)23(41-15(6)33)21(39-13(4)31)18(44-26)8-36-11(2)29/h17-26,35H,8-9H2,1-7H3,(H,27,28)/t17-,18-,19-,20-,21+,22-,23+,24-,25+,26-/m1/s1. The highest BCUT2D eigenvalue weighted by Gasteiger charge is 2.54. The zero-order valence-corrected chi connectivity index (χ0v) is 25.2. The highest BCUT2D eigenvalue weighted by molar-refractivity contribution is 5.74. The van der Waals surface area contributed by atoms with Gasteiger partial charge in [-0.3, -0.25) is 33.6 Å². The lowest BCUT2D eigenvalue weighted by Gasteiger charge is -2.46. The van der Waals surface area contributed by atoms with Gasteiger partial charge < -0.3 is 53.1 Å². The van der Waals surface area contributed by atoms with Crippen molar-refractivity contribution >= 4 is 41.7 Å². The predicted octanol–water partition coefficient (Wildman–Crippen LogP) is -1.83. The molecule has 0 bridgehead atoms. The van der Waals surface area contributed by atoms with Gasteiger partial charge in [0.2, 0.25) is 5.91 Å². The number of hydrogen-bond donors (Lipinski definition) is 2. The van der Waals surface area contributed by atoms with Gasteiger partial charge in [0.05, 0.1) is 6.61 Å². The van der Waals surface area contributed by atoms with Crippen molar-refractivity contribution in [2.45, 2.75) is 110 Å². The topological polar surface area (TPSA) is 235 Å². The Kier molecular flexibility index (Phi) is 13.4. The molecule has 2 aliphatic heterocycles. The predicted molar refractivity (Wildman–Crippen MR) is 138 cm³/mol. The largest absolute Gasteiger partial charge is 0.463 e. The molecule has 44 heavy (non-hydrogen) atoms. The Morgan fingerprint density at radius 1 is 0.568 bits per heavy atom. The van der Waals surface area contributed by atoms with Crippen molar-refractivity contribution in [3.8, 4) is 0 Å². The summed E-state index contributed by atoms with van der Waals surface area (Å²) >= 11 is 0. The van der Waals surface area contributed by atoms with Crippen LogP contribution in [0.3, 0.4) is 0 Å². The maximum atomic E-state index is 12.1. The Labute approximate surface area is 251 Å². The van der Waals surface area contributed by atoms with Crippen LogP contribution in [0.1, 0.15) is 48.5 Å². The van der Waals surface area contributed by atoms with Crippen LogP contribution in [-0.2, 0) is 76.2 Å². The van der Waals surface area contributed by atoms with E-state index in [0.29, 0.717) is 0 Å². The average Bonchev–Trinajstić information content (AvgIpc) is 2.87. The fraction of sp³-hybridized carbons (Fsp3) is 0.731. The summed E-state index contributed by atoms with van der Waals surface area (Å²) in [5.74, 6) is -5.59. The maximum absolute atomic E-state index is 12.1. The average molecular weight is 636 g/mol. The van der Waals surface area contributed by atoms with Crippen LogP contribution in [0.4, 0.5) is 0 Å². The number of amides is 1. The lowest BCUT2D eigenvalue weighted by Crippen LogP contribution is -2.66. The van der Waals surface area contributed by atoms with Gasteiger partial charge in [-0.15, -0.1) is 0 Å². The summed E-state index contributed by atoms with van der Waals surface area (Å²) in [6.45, 7) is 6.37. The number of esters is 6.